The predicted octanol–water partition coefficient (Wildman–Crippen LogP) is 2.13. The third kappa shape index (κ3) is 3.03. The average molecular weight is 425 g/mol. The lowest BCUT2D eigenvalue weighted by Crippen LogP contribution is -2.39. The molecule has 4 heterocycles. The van der Waals surface area contributed by atoms with Crippen molar-refractivity contribution in [2.24, 2.45) is 7.05 Å². The van der Waals surface area contributed by atoms with Gasteiger partial charge in [0.15, 0.2) is 11.2 Å². The maximum atomic E-state index is 13.4. The minimum absolute atomic E-state index is 0.0591. The average Bonchev–Trinajstić information content (AvgIpc) is 3.46. The second-order valence-electron chi connectivity index (χ2n) is 8.20. The van der Waals surface area contributed by atoms with E-state index >= 15 is 0 Å². The zero-order valence-corrected chi connectivity index (χ0v) is 17.8. The number of halogens is 1. The first-order valence-electron chi connectivity index (χ1n) is 10.4. The third-order valence-electron chi connectivity index (χ3n) is 6.29. The summed E-state index contributed by atoms with van der Waals surface area (Å²) in [6.45, 7) is 5.43. The van der Waals surface area contributed by atoms with Crippen LogP contribution < -0.4 is 11.2 Å². The first-order valence-corrected chi connectivity index (χ1v) is 10.4. The summed E-state index contributed by atoms with van der Waals surface area (Å²) in [5.74, 6) is 0.266. The van der Waals surface area contributed by atoms with Crippen LogP contribution in [0.5, 0.6) is 0 Å². The molecule has 3 aromatic heterocycles. The molecule has 4 aromatic rings. The number of hydrogen-bond donors (Lipinski definition) is 0. The minimum Gasteiger partial charge on any atom is -0.376 e. The quantitative estimate of drug-likeness (QED) is 0.502. The van der Waals surface area contributed by atoms with Crippen molar-refractivity contribution in [3.8, 4) is 0 Å². The van der Waals surface area contributed by atoms with Gasteiger partial charge in [0.05, 0.1) is 19.2 Å². The van der Waals surface area contributed by atoms with Gasteiger partial charge in [-0.25, -0.2) is 9.18 Å². The molecule has 1 saturated heterocycles. The number of benzene rings is 1. The van der Waals surface area contributed by atoms with Crippen LogP contribution in [0.15, 0.2) is 33.9 Å². The van der Waals surface area contributed by atoms with Gasteiger partial charge < -0.3 is 9.30 Å². The van der Waals surface area contributed by atoms with Gasteiger partial charge in [-0.1, -0.05) is 12.1 Å². The Balaban J connectivity index is 1.73. The van der Waals surface area contributed by atoms with Crippen molar-refractivity contribution in [3.63, 3.8) is 0 Å². The molecule has 8 nitrogen and oxygen atoms in total. The number of rotatable bonds is 4. The van der Waals surface area contributed by atoms with E-state index in [4.69, 9.17) is 9.72 Å². The molecule has 0 N–H and O–H groups in total. The molecule has 5 rings (SSSR count). The van der Waals surface area contributed by atoms with Crippen LogP contribution in [-0.2, 0) is 24.9 Å². The summed E-state index contributed by atoms with van der Waals surface area (Å²) in [5, 5.41) is 0. The van der Waals surface area contributed by atoms with E-state index in [0.29, 0.717) is 29.0 Å². The second-order valence-corrected chi connectivity index (χ2v) is 8.20. The van der Waals surface area contributed by atoms with E-state index in [9.17, 15) is 14.0 Å². The van der Waals surface area contributed by atoms with Crippen LogP contribution in [-0.4, -0.2) is 35.8 Å². The summed E-state index contributed by atoms with van der Waals surface area (Å²) in [6.07, 6.45) is 2.15. The summed E-state index contributed by atoms with van der Waals surface area (Å²) in [7, 11) is 1.62. The number of fused-ring (bicyclic) bond motifs is 3. The molecule has 0 amide bonds. The number of nitrogens with zero attached hydrogens (tertiary/aromatic N) is 5. The molecule has 1 aromatic carbocycles. The topological polar surface area (TPSA) is 75.5 Å². The SMILES string of the molecule is Cc1c(C)n2c3c(=O)n(Cc4ccc(F)cc4)c(=O)n(C)c3nc2n1C[C@@H]1CCCO1. The van der Waals surface area contributed by atoms with Crippen molar-refractivity contribution in [2.75, 3.05) is 6.61 Å². The monoisotopic (exact) mass is 425 g/mol. The maximum Gasteiger partial charge on any atom is 0.332 e. The summed E-state index contributed by atoms with van der Waals surface area (Å²) < 4.78 is 25.5. The number of imidazole rings is 2. The van der Waals surface area contributed by atoms with Gasteiger partial charge in [0.25, 0.3) is 5.56 Å². The van der Waals surface area contributed by atoms with E-state index in [0.717, 1.165) is 30.8 Å². The zero-order valence-electron chi connectivity index (χ0n) is 17.8. The molecule has 0 bridgehead atoms. The van der Waals surface area contributed by atoms with Gasteiger partial charge in [-0.2, -0.15) is 4.98 Å². The Morgan fingerprint density at radius 2 is 1.87 bits per heavy atom. The fourth-order valence-corrected chi connectivity index (χ4v) is 4.44. The van der Waals surface area contributed by atoms with Crippen molar-refractivity contribution in [1.82, 2.24) is 23.1 Å². The molecule has 1 fully saturated rings. The molecule has 0 saturated carbocycles. The molecular weight excluding hydrogens is 401 g/mol. The van der Waals surface area contributed by atoms with Crippen LogP contribution in [0.2, 0.25) is 0 Å². The highest BCUT2D eigenvalue weighted by molar-refractivity contribution is 5.76. The number of aryl methyl sites for hydroxylation is 2. The van der Waals surface area contributed by atoms with E-state index in [2.05, 4.69) is 4.57 Å². The van der Waals surface area contributed by atoms with E-state index in [1.165, 1.54) is 21.3 Å². The fraction of sp³-hybridized carbons (Fsp3) is 0.409. The smallest absolute Gasteiger partial charge is 0.332 e. The van der Waals surface area contributed by atoms with Crippen LogP contribution >= 0.6 is 0 Å². The van der Waals surface area contributed by atoms with Gasteiger partial charge in [0.2, 0.25) is 5.78 Å². The first-order chi connectivity index (χ1) is 14.9. The van der Waals surface area contributed by atoms with Gasteiger partial charge >= 0.3 is 5.69 Å². The Morgan fingerprint density at radius 3 is 2.55 bits per heavy atom. The molecular formula is C22H24FN5O3. The lowest BCUT2D eigenvalue weighted by Gasteiger charge is -2.12. The van der Waals surface area contributed by atoms with Gasteiger partial charge in [-0.05, 0) is 44.4 Å². The highest BCUT2D eigenvalue weighted by Gasteiger charge is 2.25. The van der Waals surface area contributed by atoms with Crippen LogP contribution in [0.1, 0.15) is 29.8 Å². The Bertz CT molecular complexity index is 1420. The largest absolute Gasteiger partial charge is 0.376 e. The normalized spacial score (nSPS) is 16.7. The molecule has 1 aliphatic rings. The number of hydrogen-bond acceptors (Lipinski definition) is 4. The lowest BCUT2D eigenvalue weighted by atomic mass is 10.2. The standard InChI is InChI=1S/C22H24FN5O3/c1-13-14(2)28-18-19(24-21(28)26(13)12-17-5-4-10-31-17)25(3)22(30)27(20(18)29)11-15-6-8-16(23)9-7-15/h6-9,17H,4-5,10-12H2,1-3H3/t17-/m0/s1. The molecule has 1 atom stereocenters. The number of ether oxygens (including phenoxy) is 1. The van der Waals surface area contributed by atoms with Crippen LogP contribution in [0, 0.1) is 19.7 Å². The van der Waals surface area contributed by atoms with Crippen molar-refractivity contribution in [2.45, 2.75) is 45.9 Å². The van der Waals surface area contributed by atoms with Crippen LogP contribution in [0.3, 0.4) is 0 Å². The Hall–Kier alpha value is -3.20. The fourth-order valence-electron chi connectivity index (χ4n) is 4.44. The second kappa shape index (κ2) is 7.19. The maximum absolute atomic E-state index is 13.4. The van der Waals surface area contributed by atoms with Crippen LogP contribution in [0.25, 0.3) is 16.9 Å². The Kier molecular flexibility index (Phi) is 4.58. The van der Waals surface area contributed by atoms with Gasteiger partial charge in [0, 0.05) is 25.0 Å². The minimum atomic E-state index is -0.456. The van der Waals surface area contributed by atoms with Crippen LogP contribution in [0.4, 0.5) is 4.39 Å². The number of aromatic nitrogens is 5. The van der Waals surface area contributed by atoms with Crippen molar-refractivity contribution >= 4 is 16.9 Å². The summed E-state index contributed by atoms with van der Waals surface area (Å²) in [5.41, 5.74) is 2.44. The molecule has 0 radical (unpaired) electrons. The summed E-state index contributed by atoms with van der Waals surface area (Å²) in [6, 6.07) is 5.79. The van der Waals surface area contributed by atoms with E-state index in [1.54, 1.807) is 19.2 Å². The Labute approximate surface area is 177 Å². The molecule has 0 aliphatic carbocycles. The molecule has 9 heteroatoms. The summed E-state index contributed by atoms with van der Waals surface area (Å²) in [4.78, 5) is 31.1. The van der Waals surface area contributed by atoms with E-state index < -0.39 is 11.2 Å². The van der Waals surface area contributed by atoms with Gasteiger partial charge in [-0.15, -0.1) is 0 Å². The third-order valence-corrected chi connectivity index (χ3v) is 6.29. The van der Waals surface area contributed by atoms with Gasteiger partial charge in [0.1, 0.15) is 5.82 Å². The molecule has 31 heavy (non-hydrogen) atoms. The lowest BCUT2D eigenvalue weighted by molar-refractivity contribution is 0.0974. The van der Waals surface area contributed by atoms with Crippen molar-refractivity contribution < 1.29 is 9.13 Å². The van der Waals surface area contributed by atoms with E-state index in [1.807, 2.05) is 18.2 Å². The van der Waals surface area contributed by atoms with E-state index in [-0.39, 0.29) is 18.5 Å². The van der Waals surface area contributed by atoms with Gasteiger partial charge in [-0.3, -0.25) is 18.3 Å². The zero-order chi connectivity index (χ0) is 21.9. The molecule has 0 spiro atoms. The van der Waals surface area contributed by atoms with Crippen molar-refractivity contribution in [1.29, 1.82) is 0 Å². The first kappa shape index (κ1) is 19.7. The molecule has 0 unspecified atom stereocenters. The highest BCUT2D eigenvalue weighted by atomic mass is 19.1. The molecule has 162 valence electrons. The highest BCUT2D eigenvalue weighted by Crippen LogP contribution is 2.23. The summed E-state index contributed by atoms with van der Waals surface area (Å²) >= 11 is 0. The predicted molar refractivity (Wildman–Crippen MR) is 114 cm³/mol. The molecule has 1 aliphatic heterocycles. The van der Waals surface area contributed by atoms with Crippen molar-refractivity contribution in [3.05, 3.63) is 67.9 Å². The Morgan fingerprint density at radius 1 is 1.13 bits per heavy atom.